The van der Waals surface area contributed by atoms with E-state index in [1.165, 1.54) is 4.90 Å². The number of hydrogen-bond donors (Lipinski definition) is 0. The van der Waals surface area contributed by atoms with Crippen LogP contribution in [0.3, 0.4) is 0 Å². The minimum atomic E-state index is -0.543. The number of likely N-dealkylation sites (N-methyl/N-ethyl adjacent to an activating group) is 1. The van der Waals surface area contributed by atoms with Gasteiger partial charge in [-0.15, -0.1) is 0 Å². The maximum Gasteiger partial charge on any atom is 0.328 e. The van der Waals surface area contributed by atoms with Crippen molar-refractivity contribution < 1.29 is 14.3 Å². The van der Waals surface area contributed by atoms with E-state index in [2.05, 4.69) is 6.92 Å². The number of aliphatic imine (C=N–C) groups is 1. The summed E-state index contributed by atoms with van der Waals surface area (Å²) in [4.78, 5) is 38.3. The number of urea groups is 1. The first-order valence-electron chi connectivity index (χ1n) is 11.1. The number of allylic oxidation sites excluding steroid dienone is 2. The minimum Gasteiger partial charge on any atom is -0.492 e. The molecule has 0 bridgehead atoms. The van der Waals surface area contributed by atoms with Gasteiger partial charge in [0.2, 0.25) is 5.96 Å². The molecule has 166 valence electrons. The van der Waals surface area contributed by atoms with Crippen LogP contribution in [0.2, 0.25) is 0 Å². The highest BCUT2D eigenvalue weighted by Crippen LogP contribution is 2.42. The fourth-order valence-electron chi connectivity index (χ4n) is 4.55. The van der Waals surface area contributed by atoms with Gasteiger partial charge in [0.1, 0.15) is 5.75 Å². The first kappa shape index (κ1) is 21.2. The van der Waals surface area contributed by atoms with Crippen LogP contribution in [0.4, 0.5) is 10.5 Å². The van der Waals surface area contributed by atoms with E-state index in [9.17, 15) is 9.59 Å². The normalized spacial score (nSPS) is 22.9. The average molecular weight is 426 g/mol. The van der Waals surface area contributed by atoms with Gasteiger partial charge in [-0.2, -0.15) is 0 Å². The average Bonchev–Trinajstić information content (AvgIpc) is 3.26. The summed E-state index contributed by atoms with van der Waals surface area (Å²) in [5, 5.41) is 0. The molecular formula is C23H31N5O3. The van der Waals surface area contributed by atoms with Crippen molar-refractivity contribution in [1.29, 1.82) is 0 Å². The second kappa shape index (κ2) is 8.24. The van der Waals surface area contributed by atoms with Crippen LogP contribution in [0.1, 0.15) is 47.0 Å². The number of guanidine groups is 1. The van der Waals surface area contributed by atoms with Gasteiger partial charge in [-0.25, -0.2) is 9.79 Å². The first-order valence-corrected chi connectivity index (χ1v) is 11.1. The molecule has 0 aliphatic carbocycles. The summed E-state index contributed by atoms with van der Waals surface area (Å²) in [6, 6.07) is 7.01. The molecule has 0 radical (unpaired) electrons. The number of anilines is 1. The number of nitrogens with zero attached hydrogens (tertiary/aromatic N) is 5. The van der Waals surface area contributed by atoms with Crippen LogP contribution in [-0.4, -0.2) is 65.0 Å². The van der Waals surface area contributed by atoms with E-state index in [0.29, 0.717) is 19.1 Å². The fraction of sp³-hybridized carbons (Fsp3) is 0.522. The third-order valence-electron chi connectivity index (χ3n) is 6.28. The molecule has 3 amide bonds. The van der Waals surface area contributed by atoms with Gasteiger partial charge < -0.3 is 9.64 Å². The Morgan fingerprint density at radius 2 is 1.81 bits per heavy atom. The van der Waals surface area contributed by atoms with Crippen LogP contribution >= 0.6 is 0 Å². The smallest absolute Gasteiger partial charge is 0.328 e. The highest BCUT2D eigenvalue weighted by atomic mass is 16.5. The van der Waals surface area contributed by atoms with Gasteiger partial charge in [-0.1, -0.05) is 31.9 Å². The van der Waals surface area contributed by atoms with Gasteiger partial charge in [0.25, 0.3) is 5.91 Å². The molecule has 0 spiro atoms. The molecule has 4 rings (SSSR count). The van der Waals surface area contributed by atoms with Crippen molar-refractivity contribution >= 4 is 23.6 Å². The van der Waals surface area contributed by atoms with Crippen LogP contribution in [-0.2, 0) is 4.79 Å². The molecule has 8 heteroatoms. The second-order valence-electron chi connectivity index (χ2n) is 8.15. The number of rotatable bonds is 7. The molecule has 0 saturated carbocycles. The molecule has 31 heavy (non-hydrogen) atoms. The molecule has 0 aromatic heterocycles. The number of amides is 3. The van der Waals surface area contributed by atoms with E-state index in [-0.39, 0.29) is 11.9 Å². The number of para-hydroxylation sites is 2. The Morgan fingerprint density at radius 1 is 1.06 bits per heavy atom. The Bertz CT molecular complexity index is 956. The van der Waals surface area contributed by atoms with Crippen molar-refractivity contribution in [3.8, 4) is 5.75 Å². The van der Waals surface area contributed by atoms with E-state index in [4.69, 9.17) is 9.73 Å². The largest absolute Gasteiger partial charge is 0.492 e. The minimum absolute atomic E-state index is 0.171. The molecule has 0 N–H and O–H groups in total. The number of carbonyl (C=O) groups is 2. The Labute approximate surface area is 183 Å². The molecular weight excluding hydrogens is 394 g/mol. The quantitative estimate of drug-likeness (QED) is 0.625. The van der Waals surface area contributed by atoms with Crippen molar-refractivity contribution in [2.45, 2.75) is 59.2 Å². The molecule has 3 aliphatic heterocycles. The van der Waals surface area contributed by atoms with Gasteiger partial charge in [-0.05, 0) is 39.3 Å². The lowest BCUT2D eigenvalue weighted by atomic mass is 10.1. The Morgan fingerprint density at radius 3 is 2.52 bits per heavy atom. The topological polar surface area (TPSA) is 68.7 Å². The predicted molar refractivity (Wildman–Crippen MR) is 120 cm³/mol. The maximum atomic E-state index is 13.5. The fourth-order valence-corrected chi connectivity index (χ4v) is 4.55. The maximum absolute atomic E-state index is 13.5. The molecule has 2 atom stereocenters. The van der Waals surface area contributed by atoms with E-state index < -0.39 is 12.2 Å². The monoisotopic (exact) mass is 425 g/mol. The zero-order valence-electron chi connectivity index (χ0n) is 19.0. The third kappa shape index (κ3) is 3.25. The number of ether oxygens (including phenoxy) is 1. The van der Waals surface area contributed by atoms with Crippen LogP contribution < -0.4 is 9.64 Å². The number of fused-ring (bicyclic) bond motifs is 3. The second-order valence-corrected chi connectivity index (χ2v) is 8.15. The molecule has 1 fully saturated rings. The zero-order chi connectivity index (χ0) is 22.3. The Kier molecular flexibility index (Phi) is 5.64. The van der Waals surface area contributed by atoms with Crippen molar-refractivity contribution in [3.63, 3.8) is 0 Å². The predicted octanol–water partition coefficient (Wildman–Crippen LogP) is 3.61. The first-order chi connectivity index (χ1) is 14.9. The van der Waals surface area contributed by atoms with Crippen LogP contribution in [0.5, 0.6) is 5.75 Å². The van der Waals surface area contributed by atoms with Crippen molar-refractivity contribution in [1.82, 2.24) is 14.7 Å². The van der Waals surface area contributed by atoms with E-state index in [1.54, 1.807) is 11.9 Å². The number of benzene rings is 1. The molecule has 2 unspecified atom stereocenters. The molecule has 1 aromatic rings. The Balaban J connectivity index is 1.71. The third-order valence-corrected chi connectivity index (χ3v) is 6.28. The van der Waals surface area contributed by atoms with Gasteiger partial charge in [0.05, 0.1) is 12.3 Å². The van der Waals surface area contributed by atoms with Gasteiger partial charge in [0, 0.05) is 25.0 Å². The lowest BCUT2D eigenvalue weighted by Gasteiger charge is -2.40. The van der Waals surface area contributed by atoms with Crippen LogP contribution in [0.25, 0.3) is 0 Å². The summed E-state index contributed by atoms with van der Waals surface area (Å²) in [6.45, 7) is 9.08. The lowest BCUT2D eigenvalue weighted by Crippen LogP contribution is -2.64. The SMILES string of the molecule is CCCCCN1C(=O)C2C(N=C3N(c4ccccc4OCC)C(C)=C(C)N32)N(C)C1=O. The molecule has 8 nitrogen and oxygen atoms in total. The highest BCUT2D eigenvalue weighted by molar-refractivity contribution is 6.11. The number of imide groups is 1. The highest BCUT2D eigenvalue weighted by Gasteiger charge is 2.55. The van der Waals surface area contributed by atoms with E-state index in [0.717, 1.165) is 42.1 Å². The van der Waals surface area contributed by atoms with Crippen LogP contribution in [0, 0.1) is 0 Å². The van der Waals surface area contributed by atoms with E-state index in [1.807, 2.05) is 54.8 Å². The van der Waals surface area contributed by atoms with Crippen molar-refractivity contribution in [2.75, 3.05) is 25.1 Å². The van der Waals surface area contributed by atoms with E-state index >= 15 is 0 Å². The summed E-state index contributed by atoms with van der Waals surface area (Å²) >= 11 is 0. The number of unbranched alkanes of at least 4 members (excludes halogenated alkanes) is 2. The standard InChI is InChI=1S/C23H31N5O3/c1-6-8-11-14-26-21(29)19-20(25(5)23(26)30)24-22-27(15(3)16(4)28(19)22)17-12-9-10-13-18(17)31-7-2/h9-10,12-13,19-20H,6-8,11,14H2,1-5H3. The molecule has 3 aliphatic rings. The Hall–Kier alpha value is -3.03. The van der Waals surface area contributed by atoms with Crippen molar-refractivity contribution in [2.24, 2.45) is 4.99 Å². The van der Waals surface area contributed by atoms with Gasteiger partial charge >= 0.3 is 6.03 Å². The molecule has 1 saturated heterocycles. The summed E-state index contributed by atoms with van der Waals surface area (Å²) < 4.78 is 5.85. The van der Waals surface area contributed by atoms with Crippen molar-refractivity contribution in [3.05, 3.63) is 35.7 Å². The zero-order valence-corrected chi connectivity index (χ0v) is 19.0. The number of carbonyl (C=O) groups excluding carboxylic acids is 2. The summed E-state index contributed by atoms with van der Waals surface area (Å²) in [7, 11) is 1.73. The molecule has 1 aromatic carbocycles. The van der Waals surface area contributed by atoms with Gasteiger partial charge in [-0.3, -0.25) is 19.5 Å². The molecule has 3 heterocycles. The van der Waals surface area contributed by atoms with Gasteiger partial charge in [0.15, 0.2) is 12.2 Å². The van der Waals surface area contributed by atoms with Crippen LogP contribution in [0.15, 0.2) is 40.7 Å². The number of hydrogen-bond acceptors (Lipinski definition) is 6. The lowest BCUT2D eigenvalue weighted by molar-refractivity contribution is -0.136. The summed E-state index contributed by atoms with van der Waals surface area (Å²) in [5.41, 5.74) is 2.83. The summed E-state index contributed by atoms with van der Waals surface area (Å²) in [6.07, 6.45) is 2.30. The summed E-state index contributed by atoms with van der Waals surface area (Å²) in [5.74, 6) is 1.25.